The van der Waals surface area contributed by atoms with E-state index in [0.29, 0.717) is 0 Å². The van der Waals surface area contributed by atoms with Crippen LogP contribution in [-0.4, -0.2) is 30.9 Å². The van der Waals surface area contributed by atoms with E-state index < -0.39 is 0 Å². The first-order chi connectivity index (χ1) is 8.81. The molecule has 0 amide bonds. The normalized spacial score (nSPS) is 10.9. The SMILES string of the molecule is Cn1ccc(CCNc2ccn3nccc3n2)n1. The molecule has 1 N–H and O–H groups in total. The maximum absolute atomic E-state index is 4.44. The van der Waals surface area contributed by atoms with Crippen LogP contribution < -0.4 is 5.32 Å². The third-order valence-electron chi connectivity index (χ3n) is 2.71. The van der Waals surface area contributed by atoms with Gasteiger partial charge in [-0.15, -0.1) is 0 Å². The van der Waals surface area contributed by atoms with Crippen molar-refractivity contribution in [3.63, 3.8) is 0 Å². The summed E-state index contributed by atoms with van der Waals surface area (Å²) in [5.41, 5.74) is 1.92. The highest BCUT2D eigenvalue weighted by molar-refractivity contribution is 5.45. The monoisotopic (exact) mass is 242 g/mol. The Hall–Kier alpha value is -2.37. The maximum atomic E-state index is 4.44. The summed E-state index contributed by atoms with van der Waals surface area (Å²) in [5.74, 6) is 0.860. The summed E-state index contributed by atoms with van der Waals surface area (Å²) in [4.78, 5) is 4.44. The third kappa shape index (κ3) is 2.17. The third-order valence-corrected chi connectivity index (χ3v) is 2.71. The molecule has 0 bridgehead atoms. The van der Waals surface area contributed by atoms with Gasteiger partial charge in [0.1, 0.15) is 5.82 Å². The van der Waals surface area contributed by atoms with Crippen molar-refractivity contribution in [2.45, 2.75) is 6.42 Å². The van der Waals surface area contributed by atoms with Crippen molar-refractivity contribution in [1.29, 1.82) is 0 Å². The molecule has 0 fully saturated rings. The van der Waals surface area contributed by atoms with Crippen LogP contribution in [0.3, 0.4) is 0 Å². The van der Waals surface area contributed by atoms with Crippen molar-refractivity contribution in [3.8, 4) is 0 Å². The minimum absolute atomic E-state index is 0.814. The quantitative estimate of drug-likeness (QED) is 0.744. The van der Waals surface area contributed by atoms with Crippen LogP contribution in [0.2, 0.25) is 0 Å². The summed E-state index contributed by atoms with van der Waals surface area (Å²) in [6.45, 7) is 0.814. The molecule has 3 aromatic heterocycles. The Bertz CT molecular complexity index is 653. The summed E-state index contributed by atoms with van der Waals surface area (Å²) >= 11 is 0. The molecule has 18 heavy (non-hydrogen) atoms. The second kappa shape index (κ2) is 4.48. The number of hydrogen-bond acceptors (Lipinski definition) is 4. The Kier molecular flexibility index (Phi) is 2.68. The summed E-state index contributed by atoms with van der Waals surface area (Å²) in [7, 11) is 1.92. The highest BCUT2D eigenvalue weighted by Gasteiger charge is 1.99. The van der Waals surface area contributed by atoms with Crippen LogP contribution >= 0.6 is 0 Å². The molecule has 6 nitrogen and oxygen atoms in total. The number of anilines is 1. The summed E-state index contributed by atoms with van der Waals surface area (Å²) in [6.07, 6.45) is 6.46. The minimum Gasteiger partial charge on any atom is -0.370 e. The smallest absolute Gasteiger partial charge is 0.157 e. The Morgan fingerprint density at radius 2 is 2.17 bits per heavy atom. The van der Waals surface area contributed by atoms with Crippen molar-refractivity contribution < 1.29 is 0 Å². The van der Waals surface area contributed by atoms with Gasteiger partial charge in [-0.25, -0.2) is 9.50 Å². The van der Waals surface area contributed by atoms with E-state index in [4.69, 9.17) is 0 Å². The minimum atomic E-state index is 0.814. The summed E-state index contributed by atoms with van der Waals surface area (Å²) in [6, 6.07) is 5.82. The van der Waals surface area contributed by atoms with Crippen LogP contribution in [0.4, 0.5) is 5.82 Å². The fourth-order valence-electron chi connectivity index (χ4n) is 1.83. The predicted octanol–water partition coefficient (Wildman–Crippen LogP) is 1.12. The average molecular weight is 242 g/mol. The topological polar surface area (TPSA) is 60.0 Å². The van der Waals surface area contributed by atoms with Crippen LogP contribution in [0, 0.1) is 0 Å². The number of hydrogen-bond donors (Lipinski definition) is 1. The first kappa shape index (κ1) is 10.8. The van der Waals surface area contributed by atoms with E-state index >= 15 is 0 Å². The molecule has 3 heterocycles. The van der Waals surface area contributed by atoms with Crippen LogP contribution in [0.5, 0.6) is 0 Å². The van der Waals surface area contributed by atoms with E-state index in [1.54, 1.807) is 10.7 Å². The standard InChI is InChI=1S/C12H14N6/c1-17-8-4-10(16-17)2-6-13-11-5-9-18-12(15-11)3-7-14-18/h3-5,7-9H,2,6H2,1H3,(H,13,15). The Morgan fingerprint density at radius 3 is 3.00 bits per heavy atom. The molecule has 0 aliphatic carbocycles. The molecular weight excluding hydrogens is 228 g/mol. The molecule has 3 aromatic rings. The first-order valence-corrected chi connectivity index (χ1v) is 5.84. The van der Waals surface area contributed by atoms with E-state index in [0.717, 1.165) is 30.1 Å². The van der Waals surface area contributed by atoms with Gasteiger partial charge in [0.2, 0.25) is 0 Å². The van der Waals surface area contributed by atoms with Gasteiger partial charge in [-0.3, -0.25) is 4.68 Å². The molecule has 0 aliphatic heterocycles. The van der Waals surface area contributed by atoms with E-state index in [1.165, 1.54) is 0 Å². The van der Waals surface area contributed by atoms with E-state index in [2.05, 4.69) is 20.5 Å². The van der Waals surface area contributed by atoms with E-state index in [9.17, 15) is 0 Å². The maximum Gasteiger partial charge on any atom is 0.157 e. The zero-order valence-electron chi connectivity index (χ0n) is 10.1. The molecule has 0 unspecified atom stereocenters. The number of aromatic nitrogens is 5. The average Bonchev–Trinajstić information content (AvgIpc) is 2.97. The first-order valence-electron chi connectivity index (χ1n) is 5.84. The Balaban J connectivity index is 1.62. The summed E-state index contributed by atoms with van der Waals surface area (Å²) in [5, 5.41) is 11.7. The van der Waals surface area contributed by atoms with E-state index in [1.807, 2.05) is 42.3 Å². The number of fused-ring (bicyclic) bond motifs is 1. The Labute approximate surface area is 104 Å². The molecule has 0 saturated heterocycles. The zero-order chi connectivity index (χ0) is 12.4. The molecule has 3 rings (SSSR count). The van der Waals surface area contributed by atoms with Crippen molar-refractivity contribution in [2.24, 2.45) is 7.05 Å². The van der Waals surface area contributed by atoms with Gasteiger partial charge in [-0.2, -0.15) is 10.2 Å². The second-order valence-corrected chi connectivity index (χ2v) is 4.10. The molecule has 0 saturated carbocycles. The van der Waals surface area contributed by atoms with Gasteiger partial charge in [0.05, 0.1) is 11.9 Å². The lowest BCUT2D eigenvalue weighted by molar-refractivity contribution is 0.742. The van der Waals surface area contributed by atoms with Crippen molar-refractivity contribution in [1.82, 2.24) is 24.4 Å². The molecule has 0 atom stereocenters. The van der Waals surface area contributed by atoms with Crippen LogP contribution in [0.1, 0.15) is 5.69 Å². The van der Waals surface area contributed by atoms with Crippen molar-refractivity contribution in [2.75, 3.05) is 11.9 Å². The van der Waals surface area contributed by atoms with Gasteiger partial charge >= 0.3 is 0 Å². The zero-order valence-corrected chi connectivity index (χ0v) is 10.1. The van der Waals surface area contributed by atoms with Gasteiger partial charge in [-0.05, 0) is 12.1 Å². The lowest BCUT2D eigenvalue weighted by atomic mass is 10.3. The predicted molar refractivity (Wildman–Crippen MR) is 68.4 cm³/mol. The number of nitrogens with one attached hydrogen (secondary N) is 1. The number of rotatable bonds is 4. The second-order valence-electron chi connectivity index (χ2n) is 4.10. The number of aryl methyl sites for hydroxylation is 1. The highest BCUT2D eigenvalue weighted by Crippen LogP contribution is 2.06. The highest BCUT2D eigenvalue weighted by atomic mass is 15.3. The van der Waals surface area contributed by atoms with E-state index in [-0.39, 0.29) is 0 Å². The molecule has 0 aromatic carbocycles. The van der Waals surface area contributed by atoms with Crippen LogP contribution in [0.15, 0.2) is 36.8 Å². The molecule has 6 heteroatoms. The largest absolute Gasteiger partial charge is 0.370 e. The Morgan fingerprint density at radius 1 is 1.22 bits per heavy atom. The van der Waals surface area contributed by atoms with Gasteiger partial charge in [0, 0.05) is 38.5 Å². The molecular formula is C12H14N6. The van der Waals surface area contributed by atoms with Gasteiger partial charge < -0.3 is 5.32 Å². The molecule has 0 aliphatic rings. The fourth-order valence-corrected chi connectivity index (χ4v) is 1.83. The number of nitrogens with zero attached hydrogens (tertiary/aromatic N) is 5. The van der Waals surface area contributed by atoms with Crippen molar-refractivity contribution >= 4 is 11.5 Å². The van der Waals surface area contributed by atoms with Crippen molar-refractivity contribution in [3.05, 3.63) is 42.5 Å². The fraction of sp³-hybridized carbons (Fsp3) is 0.250. The van der Waals surface area contributed by atoms with Gasteiger partial charge in [0.25, 0.3) is 0 Å². The lowest BCUT2D eigenvalue weighted by Gasteiger charge is -2.04. The lowest BCUT2D eigenvalue weighted by Crippen LogP contribution is -2.07. The van der Waals surface area contributed by atoms with Gasteiger partial charge in [0.15, 0.2) is 5.65 Å². The molecule has 0 radical (unpaired) electrons. The van der Waals surface area contributed by atoms with Gasteiger partial charge in [-0.1, -0.05) is 0 Å². The molecule has 92 valence electrons. The van der Waals surface area contributed by atoms with Crippen LogP contribution in [0.25, 0.3) is 5.65 Å². The molecule has 0 spiro atoms. The summed E-state index contributed by atoms with van der Waals surface area (Å²) < 4.78 is 3.55. The van der Waals surface area contributed by atoms with Crippen LogP contribution in [-0.2, 0) is 13.5 Å².